The van der Waals surface area contributed by atoms with Crippen LogP contribution in [0, 0.1) is 20.8 Å². The number of amides is 2. The van der Waals surface area contributed by atoms with Crippen molar-refractivity contribution in [3.63, 3.8) is 0 Å². The molecule has 0 spiro atoms. The number of aryl methyl sites for hydroxylation is 3. The van der Waals surface area contributed by atoms with E-state index in [1.165, 1.54) is 18.3 Å². The van der Waals surface area contributed by atoms with Crippen LogP contribution >= 0.6 is 11.3 Å². The predicted octanol–water partition coefficient (Wildman–Crippen LogP) is 3.98. The molecule has 7 nitrogen and oxygen atoms in total. The lowest BCUT2D eigenvalue weighted by Gasteiger charge is -2.12. The van der Waals surface area contributed by atoms with E-state index in [-0.39, 0.29) is 18.4 Å². The van der Waals surface area contributed by atoms with Crippen LogP contribution in [0.4, 0.5) is 5.13 Å². The molecule has 0 fully saturated rings. The molecule has 0 atom stereocenters. The smallest absolute Gasteiger partial charge is 0.264 e. The number of nitrogens with one attached hydrogen (secondary N) is 2. The van der Waals surface area contributed by atoms with Gasteiger partial charge in [-0.3, -0.25) is 14.9 Å². The summed E-state index contributed by atoms with van der Waals surface area (Å²) in [7, 11) is 0. The molecule has 29 heavy (non-hydrogen) atoms. The first kappa shape index (κ1) is 20.6. The first-order valence-corrected chi connectivity index (χ1v) is 9.99. The Morgan fingerprint density at radius 3 is 2.59 bits per heavy atom. The van der Waals surface area contributed by atoms with Crippen molar-refractivity contribution >= 4 is 28.3 Å². The molecule has 2 amide bonds. The topological polar surface area (TPSA) is 93.5 Å². The molecule has 0 aliphatic heterocycles. The van der Waals surface area contributed by atoms with Gasteiger partial charge < -0.3 is 14.5 Å². The number of furan rings is 1. The number of ether oxygens (including phenoxy) is 1. The summed E-state index contributed by atoms with van der Waals surface area (Å²) in [5, 5.41) is 7.68. The third-order valence-corrected chi connectivity index (χ3v) is 4.89. The third-order valence-electron chi connectivity index (χ3n) is 4.13. The maximum Gasteiger partial charge on any atom is 0.264 e. The average molecular weight is 413 g/mol. The molecule has 0 unspecified atom stereocenters. The van der Waals surface area contributed by atoms with E-state index in [4.69, 9.17) is 9.15 Å². The molecular formula is C21H23N3O4S. The van der Waals surface area contributed by atoms with Gasteiger partial charge >= 0.3 is 0 Å². The van der Waals surface area contributed by atoms with Gasteiger partial charge in [0.25, 0.3) is 5.91 Å². The highest BCUT2D eigenvalue weighted by molar-refractivity contribution is 7.14. The lowest BCUT2D eigenvalue weighted by atomic mass is 10.1. The van der Waals surface area contributed by atoms with Gasteiger partial charge in [0.1, 0.15) is 17.2 Å². The third kappa shape index (κ3) is 5.45. The van der Waals surface area contributed by atoms with Gasteiger partial charge in [0.05, 0.1) is 6.54 Å². The summed E-state index contributed by atoms with van der Waals surface area (Å²) in [5.41, 5.74) is 3.77. The van der Waals surface area contributed by atoms with E-state index in [1.54, 1.807) is 17.5 Å². The Balaban J connectivity index is 1.57. The first-order valence-electron chi connectivity index (χ1n) is 9.11. The van der Waals surface area contributed by atoms with Crippen molar-refractivity contribution in [2.24, 2.45) is 0 Å². The molecule has 0 saturated carbocycles. The molecule has 0 saturated heterocycles. The van der Waals surface area contributed by atoms with Crippen LogP contribution in [0.5, 0.6) is 5.75 Å². The number of aromatic nitrogens is 1. The Morgan fingerprint density at radius 1 is 1.17 bits per heavy atom. The highest BCUT2D eigenvalue weighted by Crippen LogP contribution is 2.27. The van der Waals surface area contributed by atoms with Crippen molar-refractivity contribution in [1.29, 1.82) is 0 Å². The van der Waals surface area contributed by atoms with Crippen LogP contribution in [0.3, 0.4) is 0 Å². The highest BCUT2D eigenvalue weighted by atomic mass is 32.1. The summed E-state index contributed by atoms with van der Waals surface area (Å²) in [5.74, 6) is 1.53. The van der Waals surface area contributed by atoms with Gasteiger partial charge in [0, 0.05) is 12.3 Å². The van der Waals surface area contributed by atoms with Gasteiger partial charge in [-0.25, -0.2) is 4.98 Å². The number of nitrogens with zero attached hydrogens (tertiary/aromatic N) is 1. The van der Waals surface area contributed by atoms with Crippen LogP contribution in [-0.4, -0.2) is 23.4 Å². The molecule has 0 radical (unpaired) electrons. The number of hydrogen-bond acceptors (Lipinski definition) is 6. The fraction of sp³-hybridized carbons (Fsp3) is 0.286. The van der Waals surface area contributed by atoms with Crippen molar-refractivity contribution in [3.8, 4) is 17.2 Å². The lowest BCUT2D eigenvalue weighted by molar-refractivity contribution is -0.119. The van der Waals surface area contributed by atoms with Crippen LogP contribution in [0.15, 0.2) is 34.1 Å². The molecular weight excluding hydrogens is 390 g/mol. The number of thiazole rings is 1. The monoisotopic (exact) mass is 413 g/mol. The van der Waals surface area contributed by atoms with Crippen LogP contribution in [0.2, 0.25) is 0 Å². The van der Waals surface area contributed by atoms with Gasteiger partial charge in [-0.1, -0.05) is 17.7 Å². The van der Waals surface area contributed by atoms with Gasteiger partial charge in [0.2, 0.25) is 5.91 Å². The van der Waals surface area contributed by atoms with Gasteiger partial charge in [-0.15, -0.1) is 11.3 Å². The first-order chi connectivity index (χ1) is 13.8. The van der Waals surface area contributed by atoms with Gasteiger partial charge in [-0.2, -0.15) is 0 Å². The summed E-state index contributed by atoms with van der Waals surface area (Å²) in [6.07, 6.45) is 0. The minimum absolute atomic E-state index is 0.0960. The second-order valence-electron chi connectivity index (χ2n) is 6.78. The number of benzene rings is 1. The fourth-order valence-corrected chi connectivity index (χ4v) is 3.67. The van der Waals surface area contributed by atoms with Crippen LogP contribution in [-0.2, 0) is 16.1 Å². The van der Waals surface area contributed by atoms with Crippen molar-refractivity contribution < 1.29 is 18.7 Å². The maximum absolute atomic E-state index is 12.2. The number of rotatable bonds is 7. The zero-order valence-electron chi connectivity index (χ0n) is 16.8. The molecule has 3 aromatic rings. The molecule has 2 heterocycles. The second-order valence-corrected chi connectivity index (χ2v) is 7.64. The van der Waals surface area contributed by atoms with Crippen LogP contribution < -0.4 is 15.4 Å². The van der Waals surface area contributed by atoms with Crippen LogP contribution in [0.1, 0.15) is 29.4 Å². The number of carbonyl (C=O) groups excluding carboxylic acids is 2. The predicted molar refractivity (Wildman–Crippen MR) is 112 cm³/mol. The van der Waals surface area contributed by atoms with Crippen LogP contribution in [0.25, 0.3) is 11.5 Å². The minimum Gasteiger partial charge on any atom is -0.483 e. The number of anilines is 1. The van der Waals surface area contributed by atoms with Crippen molar-refractivity contribution in [1.82, 2.24) is 10.3 Å². The molecule has 152 valence electrons. The van der Waals surface area contributed by atoms with E-state index in [0.29, 0.717) is 28.9 Å². The Hall–Kier alpha value is -3.13. The Kier molecular flexibility index (Phi) is 6.33. The zero-order valence-corrected chi connectivity index (χ0v) is 17.6. The zero-order chi connectivity index (χ0) is 21.0. The molecule has 2 aromatic heterocycles. The summed E-state index contributed by atoms with van der Waals surface area (Å²) in [6.45, 7) is 7.62. The minimum atomic E-state index is -0.281. The fourth-order valence-electron chi connectivity index (χ4n) is 2.95. The molecule has 0 bridgehead atoms. The second kappa shape index (κ2) is 8.91. The molecule has 3 rings (SSSR count). The molecule has 0 aliphatic carbocycles. The Morgan fingerprint density at radius 2 is 1.90 bits per heavy atom. The highest BCUT2D eigenvalue weighted by Gasteiger charge is 2.13. The van der Waals surface area contributed by atoms with E-state index in [2.05, 4.69) is 15.6 Å². The number of carbonyl (C=O) groups is 2. The van der Waals surface area contributed by atoms with E-state index < -0.39 is 0 Å². The molecule has 1 aromatic carbocycles. The Bertz CT molecular complexity index is 1020. The summed E-state index contributed by atoms with van der Waals surface area (Å²) in [4.78, 5) is 27.6. The van der Waals surface area contributed by atoms with E-state index in [0.717, 1.165) is 22.4 Å². The van der Waals surface area contributed by atoms with Crippen molar-refractivity contribution in [3.05, 3.63) is 52.1 Å². The van der Waals surface area contributed by atoms with E-state index in [9.17, 15) is 9.59 Å². The quantitative estimate of drug-likeness (QED) is 0.611. The molecule has 0 aliphatic rings. The maximum atomic E-state index is 12.2. The summed E-state index contributed by atoms with van der Waals surface area (Å²) < 4.78 is 11.4. The SMILES string of the molecule is CC(=O)NCc1ccc(-c2csc(NC(=O)COc3c(C)cc(C)cc3C)n2)o1. The largest absolute Gasteiger partial charge is 0.483 e. The Labute approximate surface area is 173 Å². The van der Waals surface area contributed by atoms with Gasteiger partial charge in [0.15, 0.2) is 17.5 Å². The summed E-state index contributed by atoms with van der Waals surface area (Å²) in [6, 6.07) is 7.61. The summed E-state index contributed by atoms with van der Waals surface area (Å²) >= 11 is 1.30. The van der Waals surface area contributed by atoms with Gasteiger partial charge in [-0.05, 0) is 44.0 Å². The van der Waals surface area contributed by atoms with E-state index in [1.807, 2.05) is 32.9 Å². The standard InChI is InChI=1S/C21H23N3O4S/c1-12-7-13(2)20(14(3)8-12)27-10-19(26)24-21-23-17(11-29-21)18-6-5-16(28-18)9-22-15(4)25/h5-8,11H,9-10H2,1-4H3,(H,22,25)(H,23,24,26). The number of hydrogen-bond donors (Lipinski definition) is 2. The molecule has 8 heteroatoms. The van der Waals surface area contributed by atoms with E-state index >= 15 is 0 Å². The average Bonchev–Trinajstić information content (AvgIpc) is 3.28. The molecule has 2 N–H and O–H groups in total. The van der Waals surface area contributed by atoms with Crippen molar-refractivity contribution in [2.75, 3.05) is 11.9 Å². The van der Waals surface area contributed by atoms with Crippen molar-refractivity contribution in [2.45, 2.75) is 34.2 Å². The lowest BCUT2D eigenvalue weighted by Crippen LogP contribution is -2.20. The normalized spacial score (nSPS) is 10.6.